The van der Waals surface area contributed by atoms with Crippen LogP contribution in [-0.2, 0) is 0 Å². The lowest BCUT2D eigenvalue weighted by molar-refractivity contribution is 0.434. The van der Waals surface area contributed by atoms with Gasteiger partial charge in [0.15, 0.2) is 11.6 Å². The Morgan fingerprint density at radius 3 is 3.07 bits per heavy atom. The van der Waals surface area contributed by atoms with Gasteiger partial charge < -0.3 is 10.3 Å². The zero-order valence-corrected chi connectivity index (χ0v) is 7.79. The molecule has 3 rings (SSSR count). The zero-order valence-electron chi connectivity index (χ0n) is 7.79. The molecule has 0 aliphatic rings. The highest BCUT2D eigenvalue weighted by Crippen LogP contribution is 2.21. The quantitative estimate of drug-likeness (QED) is 0.647. The van der Waals surface area contributed by atoms with Crippen LogP contribution in [-0.4, -0.2) is 14.5 Å². The van der Waals surface area contributed by atoms with Gasteiger partial charge in [0.1, 0.15) is 11.3 Å². The van der Waals surface area contributed by atoms with Gasteiger partial charge in [0, 0.05) is 12.3 Å². The molecule has 2 N–H and O–H groups in total. The third-order valence-electron chi connectivity index (χ3n) is 2.20. The van der Waals surface area contributed by atoms with E-state index in [1.807, 2.05) is 28.8 Å². The molecule has 0 aromatic carbocycles. The van der Waals surface area contributed by atoms with Crippen molar-refractivity contribution in [1.82, 2.24) is 14.5 Å². The van der Waals surface area contributed by atoms with Crippen molar-refractivity contribution in [3.05, 3.63) is 36.7 Å². The first kappa shape index (κ1) is 8.05. The highest BCUT2D eigenvalue weighted by molar-refractivity contribution is 5.60. The maximum Gasteiger partial charge on any atom is 0.187 e. The highest BCUT2D eigenvalue weighted by Gasteiger charge is 2.09. The van der Waals surface area contributed by atoms with Gasteiger partial charge in [-0.15, -0.1) is 0 Å². The highest BCUT2D eigenvalue weighted by atomic mass is 16.5. The van der Waals surface area contributed by atoms with Crippen LogP contribution in [0, 0.1) is 0 Å². The number of nitrogen functional groups attached to an aromatic ring is 1. The van der Waals surface area contributed by atoms with Crippen molar-refractivity contribution in [2.75, 3.05) is 5.73 Å². The maximum absolute atomic E-state index is 5.49. The van der Waals surface area contributed by atoms with Crippen molar-refractivity contribution in [1.29, 1.82) is 0 Å². The predicted octanol–water partition coefficient (Wildman–Crippen LogP) is 1.57. The van der Waals surface area contributed by atoms with Gasteiger partial charge in [-0.1, -0.05) is 11.2 Å². The van der Waals surface area contributed by atoms with Gasteiger partial charge in [0.05, 0.1) is 6.20 Å². The van der Waals surface area contributed by atoms with E-state index in [2.05, 4.69) is 10.1 Å². The lowest BCUT2D eigenvalue weighted by Gasteiger charge is -1.95. The number of rotatable bonds is 1. The number of anilines is 1. The summed E-state index contributed by atoms with van der Waals surface area (Å²) in [6.45, 7) is 0. The summed E-state index contributed by atoms with van der Waals surface area (Å²) in [6, 6.07) is 7.46. The minimum absolute atomic E-state index is 0.371. The molecule has 0 saturated heterocycles. The van der Waals surface area contributed by atoms with Crippen molar-refractivity contribution in [3.8, 4) is 11.5 Å². The average molecular weight is 200 g/mol. The third kappa shape index (κ3) is 1.17. The number of imidazole rings is 1. The van der Waals surface area contributed by atoms with E-state index in [4.69, 9.17) is 10.3 Å². The van der Waals surface area contributed by atoms with Crippen LogP contribution in [0.25, 0.3) is 17.1 Å². The first-order valence-electron chi connectivity index (χ1n) is 4.49. The Morgan fingerprint density at radius 2 is 2.27 bits per heavy atom. The van der Waals surface area contributed by atoms with E-state index >= 15 is 0 Å². The number of nitrogens with zero attached hydrogens (tertiary/aromatic N) is 3. The van der Waals surface area contributed by atoms with Crippen molar-refractivity contribution in [2.45, 2.75) is 0 Å². The second-order valence-corrected chi connectivity index (χ2v) is 3.19. The summed E-state index contributed by atoms with van der Waals surface area (Å²) in [5.74, 6) is 0.988. The van der Waals surface area contributed by atoms with Crippen LogP contribution >= 0.6 is 0 Å². The molecule has 0 aliphatic heterocycles. The Balaban J connectivity index is 2.27. The number of aromatic nitrogens is 3. The van der Waals surface area contributed by atoms with Gasteiger partial charge in [0.25, 0.3) is 0 Å². The van der Waals surface area contributed by atoms with E-state index < -0.39 is 0 Å². The molecule has 3 aromatic rings. The monoisotopic (exact) mass is 200 g/mol. The Labute approximate surface area is 85.1 Å². The largest absolute Gasteiger partial charge is 0.381 e. The number of pyridine rings is 1. The van der Waals surface area contributed by atoms with Gasteiger partial charge in [0.2, 0.25) is 0 Å². The Morgan fingerprint density at radius 1 is 1.33 bits per heavy atom. The van der Waals surface area contributed by atoms with E-state index in [0.29, 0.717) is 11.6 Å². The van der Waals surface area contributed by atoms with Gasteiger partial charge in [-0.2, -0.15) is 0 Å². The van der Waals surface area contributed by atoms with Gasteiger partial charge >= 0.3 is 0 Å². The summed E-state index contributed by atoms with van der Waals surface area (Å²) < 4.78 is 7.00. The molecular weight excluding hydrogens is 192 g/mol. The zero-order chi connectivity index (χ0) is 10.3. The van der Waals surface area contributed by atoms with E-state index in [1.54, 1.807) is 12.3 Å². The van der Waals surface area contributed by atoms with Crippen molar-refractivity contribution >= 4 is 11.5 Å². The number of hydrogen-bond donors (Lipinski definition) is 1. The number of nitrogens with two attached hydrogens (primary N) is 1. The Hall–Kier alpha value is -2.30. The number of fused-ring (bicyclic) bond motifs is 1. The van der Waals surface area contributed by atoms with Crippen molar-refractivity contribution in [2.24, 2.45) is 0 Å². The second-order valence-electron chi connectivity index (χ2n) is 3.19. The fourth-order valence-corrected chi connectivity index (χ4v) is 1.52. The lowest BCUT2D eigenvalue weighted by atomic mass is 10.3. The van der Waals surface area contributed by atoms with Crippen LogP contribution in [0.1, 0.15) is 0 Å². The topological polar surface area (TPSA) is 69.3 Å². The van der Waals surface area contributed by atoms with Gasteiger partial charge in [-0.05, 0) is 12.1 Å². The lowest BCUT2D eigenvalue weighted by Crippen LogP contribution is -1.85. The molecule has 0 spiro atoms. The van der Waals surface area contributed by atoms with E-state index in [1.165, 1.54) is 0 Å². The summed E-state index contributed by atoms with van der Waals surface area (Å²) in [5, 5.41) is 3.64. The first-order valence-corrected chi connectivity index (χ1v) is 4.49. The van der Waals surface area contributed by atoms with Crippen molar-refractivity contribution < 1.29 is 4.52 Å². The molecule has 0 unspecified atom stereocenters. The molecule has 3 heterocycles. The fourth-order valence-electron chi connectivity index (χ4n) is 1.52. The van der Waals surface area contributed by atoms with Crippen LogP contribution in [0.4, 0.5) is 5.82 Å². The average Bonchev–Trinajstić information content (AvgIpc) is 2.83. The molecule has 5 nitrogen and oxygen atoms in total. The Kier molecular flexibility index (Phi) is 1.53. The molecule has 0 aliphatic carbocycles. The second kappa shape index (κ2) is 2.84. The third-order valence-corrected chi connectivity index (χ3v) is 2.20. The minimum atomic E-state index is 0.371. The smallest absolute Gasteiger partial charge is 0.187 e. The van der Waals surface area contributed by atoms with Crippen molar-refractivity contribution in [3.63, 3.8) is 0 Å². The normalized spacial score (nSPS) is 10.9. The van der Waals surface area contributed by atoms with Crippen LogP contribution in [0.3, 0.4) is 0 Å². The first-order chi connectivity index (χ1) is 7.34. The standard InChI is InChI=1S/C10H8N4O/c11-9-5-8(15-13-9)7-6-12-10-3-1-2-4-14(7)10/h1-6H,(H2,11,13). The van der Waals surface area contributed by atoms with Crippen LogP contribution in [0.15, 0.2) is 41.2 Å². The molecule has 0 amide bonds. The van der Waals surface area contributed by atoms with E-state index in [9.17, 15) is 0 Å². The molecule has 0 saturated carbocycles. The molecule has 0 fully saturated rings. The van der Waals surface area contributed by atoms with E-state index in [0.717, 1.165) is 11.3 Å². The Bertz CT molecular complexity index is 610. The molecule has 5 heteroatoms. The molecule has 3 aromatic heterocycles. The van der Waals surface area contributed by atoms with Crippen LogP contribution in [0.5, 0.6) is 0 Å². The number of hydrogen-bond acceptors (Lipinski definition) is 4. The SMILES string of the molecule is Nc1cc(-c2cnc3ccccn23)on1. The maximum atomic E-state index is 5.49. The molecule has 0 bridgehead atoms. The summed E-state index contributed by atoms with van der Waals surface area (Å²) >= 11 is 0. The van der Waals surface area contributed by atoms with Crippen LogP contribution < -0.4 is 5.73 Å². The molecule has 15 heavy (non-hydrogen) atoms. The van der Waals surface area contributed by atoms with E-state index in [-0.39, 0.29) is 0 Å². The summed E-state index contributed by atoms with van der Waals surface area (Å²) in [6.07, 6.45) is 3.64. The molecule has 0 atom stereocenters. The van der Waals surface area contributed by atoms with Gasteiger partial charge in [-0.25, -0.2) is 4.98 Å². The summed E-state index contributed by atoms with van der Waals surface area (Å²) in [4.78, 5) is 4.24. The summed E-state index contributed by atoms with van der Waals surface area (Å²) in [5.41, 5.74) is 7.20. The minimum Gasteiger partial charge on any atom is -0.381 e. The molecular formula is C10H8N4O. The molecule has 74 valence electrons. The predicted molar refractivity (Wildman–Crippen MR) is 55.1 cm³/mol. The molecule has 0 radical (unpaired) electrons. The van der Waals surface area contributed by atoms with Crippen LogP contribution in [0.2, 0.25) is 0 Å². The fraction of sp³-hybridized carbons (Fsp3) is 0. The van der Waals surface area contributed by atoms with Gasteiger partial charge in [-0.3, -0.25) is 4.40 Å². The summed E-state index contributed by atoms with van der Waals surface area (Å²) in [7, 11) is 0.